The summed E-state index contributed by atoms with van der Waals surface area (Å²) in [5, 5.41) is 19.8. The Labute approximate surface area is 341 Å². The number of carbonyl (C=O) groups excluding carboxylic acids is 3. The molecule has 2 aromatic carbocycles. The maximum absolute atomic E-state index is 13.8. The zero-order valence-corrected chi connectivity index (χ0v) is 32.7. The van der Waals surface area contributed by atoms with Gasteiger partial charge in [0, 0.05) is 87.9 Å². The molecule has 14 nitrogen and oxygen atoms in total. The molecule has 3 saturated heterocycles. The standard InChI is InChI=1S/C44H47FN10O4/c45-29-12-16-54-37(25-47-39(54)22-29)33-4-5-35(41-34(33)24-48-43(41)58)49-38-7-2-31(23-46-38)52-14-10-27(11-15-52)9-13-51-17-19-53(20-18-51)30-1-3-32-28(21-30)26-55(44(32)59)36-6-8-40(56)50-42(36)57/h1-5,7,12,16,21-23,25,27,36,44,59H,6,8-11,13-15,17-20,24,26H2,(H,46,49)(H,48,58)(H,50,56,57). The number of piperazine rings is 1. The van der Waals surface area contributed by atoms with Gasteiger partial charge in [-0.2, -0.15) is 0 Å². The third-order valence-electron chi connectivity index (χ3n) is 13.0. The molecule has 3 fully saturated rings. The predicted molar refractivity (Wildman–Crippen MR) is 221 cm³/mol. The molecule has 15 heteroatoms. The van der Waals surface area contributed by atoms with Crippen LogP contribution in [0.25, 0.3) is 16.9 Å². The third-order valence-corrected chi connectivity index (χ3v) is 13.0. The number of carbonyl (C=O) groups is 3. The normalized spacial score (nSPS) is 21.5. The Hall–Kier alpha value is -5.90. The molecule has 5 aromatic rings. The molecular weight excluding hydrogens is 752 g/mol. The van der Waals surface area contributed by atoms with Crippen LogP contribution < -0.4 is 25.8 Å². The SMILES string of the molecule is O=C1CCC(N2Cc3cc(N4CCN(CCC5CCN(c6ccc(Nc7ccc(-c8cnc9cc(F)ccn89)c8c7C(=O)NC8)nc6)CC5)CC4)ccc3C2O)C(=O)N1. The number of pyridine rings is 2. The van der Waals surface area contributed by atoms with Gasteiger partial charge in [-0.25, -0.2) is 14.4 Å². The topological polar surface area (TPSA) is 151 Å². The minimum absolute atomic E-state index is 0.147. The predicted octanol–water partition coefficient (Wildman–Crippen LogP) is 4.56. The van der Waals surface area contributed by atoms with E-state index >= 15 is 0 Å². The van der Waals surface area contributed by atoms with E-state index in [1.807, 2.05) is 34.9 Å². The lowest BCUT2D eigenvalue weighted by molar-refractivity contribution is -0.141. The molecule has 5 aliphatic rings. The molecular formula is C44H47FN10O4. The summed E-state index contributed by atoms with van der Waals surface area (Å²) in [4.78, 5) is 55.5. The van der Waals surface area contributed by atoms with Gasteiger partial charge in [-0.3, -0.25) is 33.9 Å². The summed E-state index contributed by atoms with van der Waals surface area (Å²) in [6.45, 7) is 7.88. The van der Waals surface area contributed by atoms with E-state index in [0.29, 0.717) is 54.6 Å². The minimum Gasteiger partial charge on any atom is -0.374 e. The summed E-state index contributed by atoms with van der Waals surface area (Å²) < 4.78 is 15.6. The highest BCUT2D eigenvalue weighted by atomic mass is 19.1. The van der Waals surface area contributed by atoms with Crippen LogP contribution in [-0.2, 0) is 22.7 Å². The van der Waals surface area contributed by atoms with Crippen molar-refractivity contribution in [3.05, 3.63) is 101 Å². The van der Waals surface area contributed by atoms with Gasteiger partial charge in [-0.1, -0.05) is 12.1 Å². The molecule has 2 atom stereocenters. The Kier molecular flexibility index (Phi) is 9.73. The number of rotatable bonds is 9. The number of nitrogens with zero attached hydrogens (tertiary/aromatic N) is 7. The molecule has 5 aliphatic heterocycles. The summed E-state index contributed by atoms with van der Waals surface area (Å²) in [6.07, 6.45) is 8.62. The number of aliphatic hydroxyl groups is 1. The molecule has 0 radical (unpaired) electrons. The summed E-state index contributed by atoms with van der Waals surface area (Å²) in [5.74, 6) is 0.281. The van der Waals surface area contributed by atoms with Crippen molar-refractivity contribution in [2.45, 2.75) is 57.5 Å². The Balaban J connectivity index is 0.693. The summed E-state index contributed by atoms with van der Waals surface area (Å²) in [6, 6.07) is 16.4. The molecule has 8 heterocycles. The third kappa shape index (κ3) is 7.16. The smallest absolute Gasteiger partial charge is 0.254 e. The lowest BCUT2D eigenvalue weighted by Gasteiger charge is -2.38. The van der Waals surface area contributed by atoms with Crippen molar-refractivity contribution in [1.82, 2.24) is 34.8 Å². The van der Waals surface area contributed by atoms with Crippen LogP contribution >= 0.6 is 0 Å². The van der Waals surface area contributed by atoms with Crippen molar-refractivity contribution in [2.75, 3.05) is 60.9 Å². The van der Waals surface area contributed by atoms with Crippen molar-refractivity contribution >= 4 is 46.2 Å². The number of amides is 3. The monoisotopic (exact) mass is 798 g/mol. The highest BCUT2D eigenvalue weighted by Gasteiger charge is 2.40. The first-order valence-corrected chi connectivity index (χ1v) is 20.7. The Morgan fingerprint density at radius 1 is 0.864 bits per heavy atom. The molecule has 3 aromatic heterocycles. The number of imidazole rings is 1. The maximum atomic E-state index is 13.8. The van der Waals surface area contributed by atoms with Crippen LogP contribution in [0, 0.1) is 11.7 Å². The second-order valence-corrected chi connectivity index (χ2v) is 16.4. The van der Waals surface area contributed by atoms with E-state index < -0.39 is 12.3 Å². The van der Waals surface area contributed by atoms with Crippen molar-refractivity contribution in [3.63, 3.8) is 0 Å². The molecule has 304 valence electrons. The van der Waals surface area contributed by atoms with Gasteiger partial charge in [0.1, 0.15) is 23.5 Å². The van der Waals surface area contributed by atoms with E-state index in [4.69, 9.17) is 4.98 Å². The second kappa shape index (κ2) is 15.4. The number of aliphatic hydroxyl groups excluding tert-OH is 1. The first-order valence-electron chi connectivity index (χ1n) is 20.7. The van der Waals surface area contributed by atoms with Gasteiger partial charge in [-0.15, -0.1) is 0 Å². The van der Waals surface area contributed by atoms with Crippen LogP contribution in [0.2, 0.25) is 0 Å². The average molecular weight is 799 g/mol. The molecule has 2 unspecified atom stereocenters. The number of benzene rings is 2. The Morgan fingerprint density at radius 3 is 2.47 bits per heavy atom. The van der Waals surface area contributed by atoms with Crippen LogP contribution in [0.1, 0.15) is 65.4 Å². The van der Waals surface area contributed by atoms with Gasteiger partial charge in [-0.05, 0) is 85.7 Å². The van der Waals surface area contributed by atoms with Crippen molar-refractivity contribution in [3.8, 4) is 11.3 Å². The van der Waals surface area contributed by atoms with E-state index in [2.05, 4.69) is 53.8 Å². The van der Waals surface area contributed by atoms with E-state index in [9.17, 15) is 23.9 Å². The second-order valence-electron chi connectivity index (χ2n) is 16.4. The van der Waals surface area contributed by atoms with Gasteiger partial charge < -0.3 is 25.5 Å². The molecule has 10 rings (SSSR count). The number of piperidine rings is 2. The van der Waals surface area contributed by atoms with E-state index in [1.165, 1.54) is 18.6 Å². The van der Waals surface area contributed by atoms with Crippen LogP contribution in [-0.4, -0.2) is 98.9 Å². The Morgan fingerprint density at radius 2 is 1.68 bits per heavy atom. The number of hydrogen-bond acceptors (Lipinski definition) is 11. The minimum atomic E-state index is -0.845. The molecule has 0 saturated carbocycles. The average Bonchev–Trinajstić information content (AvgIpc) is 3.95. The zero-order chi connectivity index (χ0) is 40.2. The largest absolute Gasteiger partial charge is 0.374 e. The molecule has 59 heavy (non-hydrogen) atoms. The number of anilines is 4. The highest BCUT2D eigenvalue weighted by molar-refractivity contribution is 6.06. The van der Waals surface area contributed by atoms with E-state index in [0.717, 1.165) is 98.0 Å². The number of nitrogens with one attached hydrogen (secondary N) is 3. The van der Waals surface area contributed by atoms with Gasteiger partial charge in [0.25, 0.3) is 5.91 Å². The number of hydrogen-bond donors (Lipinski definition) is 4. The van der Waals surface area contributed by atoms with Crippen LogP contribution in [0.5, 0.6) is 0 Å². The fourth-order valence-electron chi connectivity index (χ4n) is 9.63. The highest BCUT2D eigenvalue weighted by Crippen LogP contribution is 2.38. The van der Waals surface area contributed by atoms with Gasteiger partial charge in [0.05, 0.1) is 41.1 Å². The van der Waals surface area contributed by atoms with E-state index in [1.54, 1.807) is 17.3 Å². The van der Waals surface area contributed by atoms with Crippen molar-refractivity contribution in [1.29, 1.82) is 0 Å². The van der Waals surface area contributed by atoms with Gasteiger partial charge in [0.15, 0.2) is 0 Å². The van der Waals surface area contributed by atoms with Crippen molar-refractivity contribution in [2.24, 2.45) is 5.92 Å². The molecule has 0 aliphatic carbocycles. The van der Waals surface area contributed by atoms with Gasteiger partial charge in [0.2, 0.25) is 11.8 Å². The fraction of sp³-hybridized carbons (Fsp3) is 0.386. The quantitative estimate of drug-likeness (QED) is 0.156. The Bertz CT molecular complexity index is 2440. The fourth-order valence-corrected chi connectivity index (χ4v) is 9.63. The molecule has 0 bridgehead atoms. The molecule has 3 amide bonds. The van der Waals surface area contributed by atoms with E-state index in [-0.39, 0.29) is 23.5 Å². The van der Waals surface area contributed by atoms with Crippen LogP contribution in [0.3, 0.4) is 0 Å². The lowest BCUT2D eigenvalue weighted by Crippen LogP contribution is -2.51. The zero-order valence-electron chi connectivity index (χ0n) is 32.7. The first kappa shape index (κ1) is 37.4. The number of halogens is 1. The van der Waals surface area contributed by atoms with Crippen LogP contribution in [0.15, 0.2) is 73.2 Å². The van der Waals surface area contributed by atoms with Crippen LogP contribution in [0.4, 0.5) is 27.3 Å². The first-order chi connectivity index (χ1) is 28.8. The number of aromatic nitrogens is 3. The van der Waals surface area contributed by atoms with Gasteiger partial charge >= 0.3 is 0 Å². The summed E-state index contributed by atoms with van der Waals surface area (Å²) in [5.41, 5.74) is 8.43. The summed E-state index contributed by atoms with van der Waals surface area (Å²) >= 11 is 0. The number of fused-ring (bicyclic) bond motifs is 3. The molecule has 4 N–H and O–H groups in total. The molecule has 0 spiro atoms. The number of imide groups is 1. The summed E-state index contributed by atoms with van der Waals surface area (Å²) in [7, 11) is 0. The van der Waals surface area contributed by atoms with Crippen molar-refractivity contribution < 1.29 is 23.9 Å². The lowest BCUT2D eigenvalue weighted by atomic mass is 9.93. The maximum Gasteiger partial charge on any atom is 0.254 e.